The second-order valence-corrected chi connectivity index (χ2v) is 6.64. The number of benzene rings is 2. The number of halogens is 1. The number of carbonyl (C=O) groups is 1. The number of hydrogen-bond acceptors (Lipinski definition) is 1. The van der Waals surface area contributed by atoms with Crippen molar-refractivity contribution in [2.75, 3.05) is 6.54 Å². The van der Waals surface area contributed by atoms with Crippen LogP contribution in [0.15, 0.2) is 59.1 Å². The first-order valence-electron chi connectivity index (χ1n) is 7.25. The van der Waals surface area contributed by atoms with Crippen LogP contribution >= 0.6 is 15.9 Å². The standard InChI is InChI=1S/C18H18BrNO/c19-16-8-6-14(7-9-16)12-17(21)20-13-18(10-11-18)15-4-2-1-3-5-15/h1-9H,10-13H2,(H,20,21). The molecule has 2 aromatic carbocycles. The Kier molecular flexibility index (Phi) is 4.11. The lowest BCUT2D eigenvalue weighted by Gasteiger charge is -2.16. The van der Waals surface area contributed by atoms with Gasteiger partial charge in [0.2, 0.25) is 5.91 Å². The van der Waals surface area contributed by atoms with Crippen LogP contribution in [0.25, 0.3) is 0 Å². The van der Waals surface area contributed by atoms with Crippen molar-refractivity contribution in [3.05, 3.63) is 70.2 Å². The Morgan fingerprint density at radius 3 is 2.33 bits per heavy atom. The number of amides is 1. The normalized spacial score (nSPS) is 15.5. The fourth-order valence-electron chi connectivity index (χ4n) is 2.63. The third kappa shape index (κ3) is 3.53. The van der Waals surface area contributed by atoms with E-state index >= 15 is 0 Å². The minimum absolute atomic E-state index is 0.0968. The van der Waals surface area contributed by atoms with Gasteiger partial charge in [-0.15, -0.1) is 0 Å². The third-order valence-corrected chi connectivity index (χ3v) is 4.67. The molecule has 1 amide bonds. The van der Waals surface area contributed by atoms with E-state index in [0.29, 0.717) is 6.42 Å². The highest BCUT2D eigenvalue weighted by atomic mass is 79.9. The number of nitrogens with one attached hydrogen (secondary N) is 1. The Labute approximate surface area is 133 Å². The molecule has 3 rings (SSSR count). The summed E-state index contributed by atoms with van der Waals surface area (Å²) < 4.78 is 1.03. The van der Waals surface area contributed by atoms with Crippen LogP contribution in [-0.4, -0.2) is 12.5 Å². The van der Waals surface area contributed by atoms with Gasteiger partial charge in [-0.3, -0.25) is 4.79 Å². The van der Waals surface area contributed by atoms with Crippen molar-refractivity contribution in [3.8, 4) is 0 Å². The maximum Gasteiger partial charge on any atom is 0.224 e. The van der Waals surface area contributed by atoms with Gasteiger partial charge in [0.25, 0.3) is 0 Å². The van der Waals surface area contributed by atoms with Crippen LogP contribution in [0.1, 0.15) is 24.0 Å². The Balaban J connectivity index is 1.56. The second kappa shape index (κ2) is 6.02. The van der Waals surface area contributed by atoms with Crippen LogP contribution < -0.4 is 5.32 Å². The molecule has 1 fully saturated rings. The molecular formula is C18H18BrNO. The van der Waals surface area contributed by atoms with E-state index in [1.54, 1.807) is 0 Å². The van der Waals surface area contributed by atoms with Gasteiger partial charge < -0.3 is 5.32 Å². The summed E-state index contributed by atoms with van der Waals surface area (Å²) in [6.07, 6.45) is 2.77. The number of rotatable bonds is 5. The SMILES string of the molecule is O=C(Cc1ccc(Br)cc1)NCC1(c2ccccc2)CC1. The topological polar surface area (TPSA) is 29.1 Å². The Hall–Kier alpha value is -1.61. The lowest BCUT2D eigenvalue weighted by molar-refractivity contribution is -0.120. The molecule has 1 saturated carbocycles. The smallest absolute Gasteiger partial charge is 0.224 e. The lowest BCUT2D eigenvalue weighted by atomic mass is 9.96. The Morgan fingerprint density at radius 2 is 1.71 bits per heavy atom. The van der Waals surface area contributed by atoms with Gasteiger partial charge in [-0.05, 0) is 36.1 Å². The van der Waals surface area contributed by atoms with Crippen molar-refractivity contribution in [1.29, 1.82) is 0 Å². The monoisotopic (exact) mass is 343 g/mol. The first kappa shape index (κ1) is 14.3. The molecule has 21 heavy (non-hydrogen) atoms. The summed E-state index contributed by atoms with van der Waals surface area (Å²) in [7, 11) is 0. The summed E-state index contributed by atoms with van der Waals surface area (Å²) in [5, 5.41) is 3.10. The predicted octanol–water partition coefficient (Wildman–Crippen LogP) is 3.84. The largest absolute Gasteiger partial charge is 0.355 e. The maximum atomic E-state index is 12.1. The van der Waals surface area contributed by atoms with Crippen molar-refractivity contribution in [2.45, 2.75) is 24.7 Å². The highest BCUT2D eigenvalue weighted by Gasteiger charge is 2.44. The fraction of sp³-hybridized carbons (Fsp3) is 0.278. The molecule has 0 radical (unpaired) electrons. The molecule has 0 unspecified atom stereocenters. The molecule has 1 aliphatic carbocycles. The van der Waals surface area contributed by atoms with Crippen molar-refractivity contribution < 1.29 is 4.79 Å². The number of carbonyl (C=O) groups excluding carboxylic acids is 1. The lowest BCUT2D eigenvalue weighted by Crippen LogP contribution is -2.33. The molecule has 108 valence electrons. The molecular weight excluding hydrogens is 326 g/mol. The van der Waals surface area contributed by atoms with Crippen LogP contribution in [0, 0.1) is 0 Å². The molecule has 0 saturated heterocycles. The summed E-state index contributed by atoms with van der Waals surface area (Å²) in [5.74, 6) is 0.0968. The molecule has 1 aliphatic rings. The molecule has 2 nitrogen and oxygen atoms in total. The van der Waals surface area contributed by atoms with E-state index in [9.17, 15) is 4.79 Å². The zero-order chi connectivity index (χ0) is 14.7. The minimum Gasteiger partial charge on any atom is -0.355 e. The first-order chi connectivity index (χ1) is 10.2. The van der Waals surface area contributed by atoms with E-state index in [1.165, 1.54) is 5.56 Å². The van der Waals surface area contributed by atoms with Gasteiger partial charge in [-0.2, -0.15) is 0 Å². The van der Waals surface area contributed by atoms with Crippen molar-refractivity contribution in [3.63, 3.8) is 0 Å². The fourth-order valence-corrected chi connectivity index (χ4v) is 2.89. The van der Waals surface area contributed by atoms with Gasteiger partial charge in [0.15, 0.2) is 0 Å². The van der Waals surface area contributed by atoms with Crippen molar-refractivity contribution in [2.24, 2.45) is 0 Å². The zero-order valence-corrected chi connectivity index (χ0v) is 13.4. The summed E-state index contributed by atoms with van der Waals surface area (Å²) in [6, 6.07) is 18.4. The van der Waals surface area contributed by atoms with E-state index in [2.05, 4.69) is 45.5 Å². The van der Waals surface area contributed by atoms with Crippen LogP contribution in [0.2, 0.25) is 0 Å². The van der Waals surface area contributed by atoms with Gasteiger partial charge in [0.05, 0.1) is 6.42 Å². The van der Waals surface area contributed by atoms with Crippen LogP contribution in [-0.2, 0) is 16.6 Å². The highest BCUT2D eigenvalue weighted by molar-refractivity contribution is 9.10. The summed E-state index contributed by atoms with van der Waals surface area (Å²) >= 11 is 3.40. The molecule has 0 heterocycles. The molecule has 1 N–H and O–H groups in total. The maximum absolute atomic E-state index is 12.1. The van der Waals surface area contributed by atoms with Gasteiger partial charge >= 0.3 is 0 Å². The van der Waals surface area contributed by atoms with Crippen LogP contribution in [0.5, 0.6) is 0 Å². The average molecular weight is 344 g/mol. The van der Waals surface area contributed by atoms with E-state index < -0.39 is 0 Å². The molecule has 0 aliphatic heterocycles. The minimum atomic E-state index is 0.0968. The van der Waals surface area contributed by atoms with E-state index in [-0.39, 0.29) is 11.3 Å². The van der Waals surface area contributed by atoms with E-state index in [1.807, 2.05) is 30.3 Å². The highest BCUT2D eigenvalue weighted by Crippen LogP contribution is 2.47. The quantitative estimate of drug-likeness (QED) is 0.877. The molecule has 0 aromatic heterocycles. The van der Waals surface area contributed by atoms with Crippen molar-refractivity contribution >= 4 is 21.8 Å². The second-order valence-electron chi connectivity index (χ2n) is 5.73. The van der Waals surface area contributed by atoms with Gasteiger partial charge in [-0.25, -0.2) is 0 Å². The summed E-state index contributed by atoms with van der Waals surface area (Å²) in [4.78, 5) is 12.1. The Bertz CT molecular complexity index is 617. The molecule has 3 heteroatoms. The van der Waals surface area contributed by atoms with E-state index in [4.69, 9.17) is 0 Å². The molecule has 0 atom stereocenters. The molecule has 0 bridgehead atoms. The van der Waals surface area contributed by atoms with Gasteiger partial charge in [0.1, 0.15) is 0 Å². The van der Waals surface area contributed by atoms with Gasteiger partial charge in [-0.1, -0.05) is 58.4 Å². The predicted molar refractivity (Wildman–Crippen MR) is 88.2 cm³/mol. The van der Waals surface area contributed by atoms with Crippen LogP contribution in [0.3, 0.4) is 0 Å². The summed E-state index contributed by atoms with van der Waals surface area (Å²) in [5.41, 5.74) is 2.56. The van der Waals surface area contributed by atoms with Gasteiger partial charge in [0, 0.05) is 16.4 Å². The average Bonchev–Trinajstić information content (AvgIpc) is 3.30. The third-order valence-electron chi connectivity index (χ3n) is 4.14. The Morgan fingerprint density at radius 1 is 1.05 bits per heavy atom. The van der Waals surface area contributed by atoms with Crippen LogP contribution in [0.4, 0.5) is 0 Å². The van der Waals surface area contributed by atoms with E-state index in [0.717, 1.165) is 29.4 Å². The first-order valence-corrected chi connectivity index (χ1v) is 8.04. The van der Waals surface area contributed by atoms with Crippen molar-refractivity contribution in [1.82, 2.24) is 5.32 Å². The number of hydrogen-bond donors (Lipinski definition) is 1. The summed E-state index contributed by atoms with van der Waals surface area (Å²) in [6.45, 7) is 0.742. The molecule has 0 spiro atoms. The molecule has 2 aromatic rings. The zero-order valence-electron chi connectivity index (χ0n) is 11.8.